The highest BCUT2D eigenvalue weighted by Crippen LogP contribution is 2.40. The fraction of sp³-hybridized carbons (Fsp3) is 0.421. The van der Waals surface area contributed by atoms with Crippen LogP contribution in [0.1, 0.15) is 157 Å². The molecule has 2 aliphatic heterocycles. The second-order valence-electron chi connectivity index (χ2n) is 28.3. The molecule has 1 fully saturated rings. The van der Waals surface area contributed by atoms with Crippen molar-refractivity contribution in [3.8, 4) is 15.4 Å². The lowest BCUT2D eigenvalue weighted by atomic mass is 9.85. The first kappa shape index (κ1) is 81.7. The number of H-pyrrole nitrogens is 1. The number of aliphatic carboxylic acids is 1. The van der Waals surface area contributed by atoms with Crippen molar-refractivity contribution in [3.05, 3.63) is 168 Å². The van der Waals surface area contributed by atoms with Crippen LogP contribution in [0.15, 0.2) is 100 Å². The SMILES string of the molecule is Cc1ncsc1-c1ccc([C@H](C)NC(=O)[C@@H]2CC(OC(=O)CCCCn3cc(CNC(=O)CC[C@H](NC(=O)c4ccc(NCc5cnc6[nH]c(N)nc(=O)c6n5)cc4)C(=O)O)nn3)CN2C(=O)[C@@H](NC(=O)COCCCOCCNC(=O)C[C@@H]2N=C(c3ccc(Cl)cc3)c3c(sc(C)c3C)-n3c(C)nnc32)C(C)(C)C)cc1. The number of nitrogen functional groups attached to an aromatic ring is 1. The number of nitrogens with zero attached hydrogens (tertiary/aromatic N) is 12. The highest BCUT2D eigenvalue weighted by Gasteiger charge is 2.46. The molecule has 2 aliphatic rings. The molecule has 3 aromatic carbocycles. The van der Waals surface area contributed by atoms with Gasteiger partial charge < -0.3 is 66.8 Å². The molecule has 11 rings (SSSR count). The lowest BCUT2D eigenvalue weighted by molar-refractivity contribution is -0.150. The number of thiazole rings is 1. The first-order valence-electron chi connectivity index (χ1n) is 36.6. The van der Waals surface area contributed by atoms with Crippen molar-refractivity contribution < 1.29 is 57.7 Å². The zero-order valence-corrected chi connectivity index (χ0v) is 65.5. The maximum Gasteiger partial charge on any atom is 0.326 e. The van der Waals surface area contributed by atoms with Crippen LogP contribution in [0.2, 0.25) is 5.02 Å². The molecule has 112 heavy (non-hydrogen) atoms. The Bertz CT molecular complexity index is 5000. The summed E-state index contributed by atoms with van der Waals surface area (Å²) >= 11 is 9.44. The number of carbonyl (C=O) groups excluding carboxylic acids is 7. The number of hydrogen-bond acceptors (Lipinski definition) is 25. The number of aryl methyl sites for hydroxylation is 4. The van der Waals surface area contributed by atoms with E-state index in [1.165, 1.54) is 34.6 Å². The molecule has 8 heterocycles. The van der Waals surface area contributed by atoms with Gasteiger partial charge in [-0.05, 0) is 119 Å². The summed E-state index contributed by atoms with van der Waals surface area (Å²) in [7, 11) is 0. The van der Waals surface area contributed by atoms with E-state index in [-0.39, 0.29) is 113 Å². The smallest absolute Gasteiger partial charge is 0.326 e. The minimum atomic E-state index is -1.38. The molecule has 33 nitrogen and oxygen atoms in total. The number of anilines is 2. The van der Waals surface area contributed by atoms with Crippen LogP contribution in [0.25, 0.3) is 26.6 Å². The molecule has 36 heteroatoms. The van der Waals surface area contributed by atoms with E-state index in [9.17, 15) is 48.3 Å². The van der Waals surface area contributed by atoms with Crippen LogP contribution in [0.5, 0.6) is 0 Å². The standard InChI is InChI=1S/C76H89ClN20O13S2/c1-41-44(4)112-73-62(41)63(47-17-21-50(77)22-18-47)86-56(68-93-91-45(5)97(68)73)33-59(99)79-27-31-108-29-11-30-109-39-60(100)88-66(76(6,7)8)72(105)96-38-54(32-57(96)70(103)84-42(2)46-13-15-48(16-14-46)65-43(3)83-40-111-65)110-61(101)12-9-10-28-95-37-53(92-94-95)36-81-58(98)26-25-55(74(106)107)87-69(102)49-19-23-51(24-20-49)80-34-52-35-82-67-64(85-52)71(104)90-75(78)89-67/h13-24,35,37,40,42,54-57,66,80H,9-12,25-34,36,38-39H2,1-8H3,(H,79,99)(H,81,98)(H,84,103)(H,87,102)(H,88,100)(H,106,107)(H3,78,82,89,90,104)/t42-,54?,55-,56-,57-,66+/m0/s1. The fourth-order valence-electron chi connectivity index (χ4n) is 12.8. The maximum atomic E-state index is 14.9. The van der Waals surface area contributed by atoms with E-state index >= 15 is 0 Å². The Balaban J connectivity index is 0.610. The van der Waals surface area contributed by atoms with Crippen LogP contribution in [0.4, 0.5) is 11.6 Å². The van der Waals surface area contributed by atoms with Crippen LogP contribution in [-0.4, -0.2) is 182 Å². The highest BCUT2D eigenvalue weighted by atomic mass is 35.5. The molecule has 10 N–H and O–H groups in total. The van der Waals surface area contributed by atoms with Gasteiger partial charge in [0.15, 0.2) is 17.0 Å². The van der Waals surface area contributed by atoms with Crippen molar-refractivity contribution in [2.24, 2.45) is 10.4 Å². The third-order valence-corrected chi connectivity index (χ3v) is 21.3. The van der Waals surface area contributed by atoms with E-state index < -0.39 is 88.8 Å². The number of ether oxygens (including phenoxy) is 3. The van der Waals surface area contributed by atoms with Gasteiger partial charge in [0, 0.05) is 77.8 Å². The van der Waals surface area contributed by atoms with E-state index in [4.69, 9.17) is 36.5 Å². The average molecular weight is 1590 g/mol. The molecular weight excluding hydrogens is 1500 g/mol. The summed E-state index contributed by atoms with van der Waals surface area (Å²) in [6.45, 7) is 16.0. The number of fused-ring (bicyclic) bond motifs is 4. The van der Waals surface area contributed by atoms with Crippen LogP contribution >= 0.6 is 34.3 Å². The number of nitrogens with two attached hydrogens (primary N) is 1. The number of hydrogen-bond donors (Lipinski definition) is 9. The second-order valence-corrected chi connectivity index (χ2v) is 30.8. The number of aromatic nitrogens is 11. The lowest BCUT2D eigenvalue weighted by Gasteiger charge is -2.35. The number of aliphatic imine (C=N–C) groups is 1. The van der Waals surface area contributed by atoms with Gasteiger partial charge in [-0.3, -0.25) is 52.6 Å². The molecule has 1 unspecified atom stereocenters. The summed E-state index contributed by atoms with van der Waals surface area (Å²) in [6, 6.07) is 16.7. The Morgan fingerprint density at radius 3 is 2.29 bits per heavy atom. The molecule has 6 aromatic heterocycles. The highest BCUT2D eigenvalue weighted by molar-refractivity contribution is 7.15. The van der Waals surface area contributed by atoms with E-state index in [0.29, 0.717) is 59.6 Å². The van der Waals surface area contributed by atoms with Crippen molar-refractivity contribution in [3.63, 3.8) is 0 Å². The molecule has 0 saturated carbocycles. The Hall–Kier alpha value is -11.3. The quantitative estimate of drug-likeness (QED) is 0.0142. The van der Waals surface area contributed by atoms with Gasteiger partial charge >= 0.3 is 17.5 Å². The number of rotatable bonds is 35. The van der Waals surface area contributed by atoms with Gasteiger partial charge in [-0.2, -0.15) is 4.98 Å². The van der Waals surface area contributed by atoms with E-state index in [0.717, 1.165) is 54.0 Å². The first-order chi connectivity index (χ1) is 53.6. The van der Waals surface area contributed by atoms with Crippen molar-refractivity contribution in [2.75, 3.05) is 50.6 Å². The van der Waals surface area contributed by atoms with Gasteiger partial charge in [0.2, 0.25) is 35.5 Å². The number of halogens is 1. The number of carboxylic acid groups (broad SMARTS) is 1. The first-order valence-corrected chi connectivity index (χ1v) is 38.6. The molecule has 590 valence electrons. The zero-order chi connectivity index (χ0) is 79.9. The third-order valence-electron chi connectivity index (χ3n) is 18.9. The van der Waals surface area contributed by atoms with Crippen molar-refractivity contribution in [1.82, 2.24) is 86.2 Å². The van der Waals surface area contributed by atoms with Crippen LogP contribution in [0, 0.1) is 33.1 Å². The van der Waals surface area contributed by atoms with E-state index in [1.54, 1.807) is 60.6 Å². The predicted octanol–water partition coefficient (Wildman–Crippen LogP) is 7.04. The summed E-state index contributed by atoms with van der Waals surface area (Å²) in [5.74, 6) is -3.68. The number of amides is 6. The lowest BCUT2D eigenvalue weighted by Crippen LogP contribution is -2.58. The molecule has 6 amide bonds. The van der Waals surface area contributed by atoms with Crippen LogP contribution in [0.3, 0.4) is 0 Å². The van der Waals surface area contributed by atoms with Gasteiger partial charge in [-0.25, -0.2) is 19.7 Å². The summed E-state index contributed by atoms with van der Waals surface area (Å²) in [5.41, 5.74) is 14.1. The monoisotopic (exact) mass is 1590 g/mol. The summed E-state index contributed by atoms with van der Waals surface area (Å²) < 4.78 is 21.1. The molecule has 1 saturated heterocycles. The van der Waals surface area contributed by atoms with Crippen molar-refractivity contribution in [2.45, 2.75) is 163 Å². The number of esters is 1. The van der Waals surface area contributed by atoms with Gasteiger partial charge in [-0.1, -0.05) is 74.0 Å². The van der Waals surface area contributed by atoms with Gasteiger partial charge in [0.1, 0.15) is 53.4 Å². The molecule has 6 atom stereocenters. The molecule has 9 aromatic rings. The minimum absolute atomic E-state index is 0.000793. The molecule has 0 bridgehead atoms. The topological polar surface area (TPSA) is 444 Å². The third kappa shape index (κ3) is 21.0. The number of carbonyl (C=O) groups is 8. The molecule has 0 aliphatic carbocycles. The Labute approximate surface area is 657 Å². The summed E-state index contributed by atoms with van der Waals surface area (Å²) in [5, 5.41) is 45.7. The Morgan fingerprint density at radius 2 is 1.55 bits per heavy atom. The zero-order valence-electron chi connectivity index (χ0n) is 63.1. The molecular formula is C76H89ClN20O13S2. The van der Waals surface area contributed by atoms with E-state index in [1.807, 2.05) is 73.9 Å². The molecule has 0 spiro atoms. The number of likely N-dealkylation sites (tertiary alicyclic amines) is 1. The number of unbranched alkanes of at least 4 members (excludes halogenated alkanes) is 1. The summed E-state index contributed by atoms with van der Waals surface area (Å²) in [6.07, 6.45) is 3.05. The largest absolute Gasteiger partial charge is 0.480 e. The van der Waals surface area contributed by atoms with Crippen LogP contribution < -0.4 is 43.2 Å². The maximum absolute atomic E-state index is 14.9. The number of thiophene rings is 1. The average Bonchev–Trinajstić information content (AvgIpc) is 1.59. The Kier molecular flexibility index (Phi) is 27.1. The van der Waals surface area contributed by atoms with Crippen molar-refractivity contribution in [1.29, 1.82) is 0 Å². The fourth-order valence-corrected chi connectivity index (χ4v) is 15.0. The van der Waals surface area contributed by atoms with E-state index in [2.05, 4.69) is 91.2 Å². The van der Waals surface area contributed by atoms with Gasteiger partial charge in [0.25, 0.3) is 5.91 Å². The van der Waals surface area contributed by atoms with Crippen LogP contribution in [-0.2, 0) is 67.4 Å². The molecule has 0 radical (unpaired) electrons. The number of aromatic amines is 1. The normalized spacial score (nSPS) is 15.4. The Morgan fingerprint density at radius 1 is 0.804 bits per heavy atom. The number of carboxylic acids is 1. The van der Waals surface area contributed by atoms with Gasteiger partial charge in [-0.15, -0.1) is 38.0 Å². The number of nitrogens with one attached hydrogen (secondary N) is 7. The minimum Gasteiger partial charge on any atom is -0.480 e. The van der Waals surface area contributed by atoms with Gasteiger partial charge in [0.05, 0.1) is 78.6 Å². The number of benzene rings is 3. The second kappa shape index (κ2) is 37.2. The summed E-state index contributed by atoms with van der Waals surface area (Å²) in [4.78, 5) is 148. The predicted molar refractivity (Wildman–Crippen MR) is 417 cm³/mol. The van der Waals surface area contributed by atoms with Crippen molar-refractivity contribution >= 4 is 110 Å².